The summed E-state index contributed by atoms with van der Waals surface area (Å²) in [5, 5.41) is 6.49. The minimum atomic E-state index is -0.907. The van der Waals surface area contributed by atoms with Crippen molar-refractivity contribution in [1.82, 2.24) is 5.43 Å². The highest BCUT2D eigenvalue weighted by Crippen LogP contribution is 2.31. The number of nitrogens with zero attached hydrogens (tertiary/aromatic N) is 1. The van der Waals surface area contributed by atoms with Gasteiger partial charge in [-0.05, 0) is 60.2 Å². The first-order valence-electron chi connectivity index (χ1n) is 11.7. The van der Waals surface area contributed by atoms with Crippen LogP contribution in [0.4, 0.5) is 0 Å². The molecule has 1 amide bonds. The van der Waals surface area contributed by atoms with Crippen molar-refractivity contribution in [2.24, 2.45) is 5.10 Å². The van der Waals surface area contributed by atoms with Crippen LogP contribution in [0.3, 0.4) is 0 Å². The summed E-state index contributed by atoms with van der Waals surface area (Å²) in [6, 6.07) is 20.4. The molecular formula is C29H24Cl2N2O6. The van der Waals surface area contributed by atoms with E-state index in [0.29, 0.717) is 27.8 Å². The Morgan fingerprint density at radius 1 is 0.872 bits per heavy atom. The van der Waals surface area contributed by atoms with Crippen LogP contribution in [0.25, 0.3) is 10.8 Å². The molecule has 1 atom stereocenters. The molecule has 0 spiro atoms. The molecule has 1 N–H and O–H groups in total. The molecule has 0 aliphatic heterocycles. The van der Waals surface area contributed by atoms with Crippen molar-refractivity contribution in [2.75, 3.05) is 14.2 Å². The van der Waals surface area contributed by atoms with Crippen LogP contribution in [0.2, 0.25) is 10.0 Å². The van der Waals surface area contributed by atoms with E-state index in [4.69, 9.17) is 42.1 Å². The summed E-state index contributed by atoms with van der Waals surface area (Å²) in [5.41, 5.74) is 3.22. The van der Waals surface area contributed by atoms with Gasteiger partial charge >= 0.3 is 5.97 Å². The van der Waals surface area contributed by atoms with Crippen molar-refractivity contribution in [3.63, 3.8) is 0 Å². The molecule has 10 heteroatoms. The summed E-state index contributed by atoms with van der Waals surface area (Å²) >= 11 is 12.0. The van der Waals surface area contributed by atoms with E-state index >= 15 is 0 Å². The van der Waals surface area contributed by atoms with E-state index in [1.54, 1.807) is 37.3 Å². The van der Waals surface area contributed by atoms with E-state index in [1.807, 2.05) is 30.3 Å². The SMILES string of the molecule is COc1ccc(C(=O)Oc2ccc3ccccc3c2/C=N/NC(=O)C(C)Oc2ccc(Cl)cc2Cl)cc1OC. The van der Waals surface area contributed by atoms with Crippen molar-refractivity contribution >= 4 is 52.1 Å². The molecule has 0 aliphatic carbocycles. The van der Waals surface area contributed by atoms with Crippen molar-refractivity contribution < 1.29 is 28.5 Å². The van der Waals surface area contributed by atoms with E-state index in [1.165, 1.54) is 32.6 Å². The Morgan fingerprint density at radius 3 is 2.33 bits per heavy atom. The zero-order chi connectivity index (χ0) is 27.9. The first-order chi connectivity index (χ1) is 18.8. The second-order valence-electron chi connectivity index (χ2n) is 8.23. The summed E-state index contributed by atoms with van der Waals surface area (Å²) in [6.07, 6.45) is 0.509. The van der Waals surface area contributed by atoms with Crippen LogP contribution < -0.4 is 24.4 Å². The Morgan fingerprint density at radius 2 is 1.59 bits per heavy atom. The molecule has 200 valence electrons. The van der Waals surface area contributed by atoms with Gasteiger partial charge in [-0.2, -0.15) is 5.10 Å². The molecule has 0 heterocycles. The molecule has 0 saturated heterocycles. The first-order valence-corrected chi connectivity index (χ1v) is 12.5. The molecule has 4 aromatic carbocycles. The van der Waals surface area contributed by atoms with Gasteiger partial charge in [-0.3, -0.25) is 4.79 Å². The van der Waals surface area contributed by atoms with Gasteiger partial charge in [0.1, 0.15) is 11.5 Å². The summed E-state index contributed by atoms with van der Waals surface area (Å²) in [5.74, 6) is 0.328. The van der Waals surface area contributed by atoms with Crippen LogP contribution in [0.15, 0.2) is 77.9 Å². The number of hydrazone groups is 1. The highest BCUT2D eigenvalue weighted by molar-refractivity contribution is 6.35. The zero-order valence-corrected chi connectivity index (χ0v) is 22.7. The highest BCUT2D eigenvalue weighted by atomic mass is 35.5. The van der Waals surface area contributed by atoms with Gasteiger partial charge in [0.15, 0.2) is 17.6 Å². The quantitative estimate of drug-likeness (QED) is 0.110. The number of fused-ring (bicyclic) bond motifs is 1. The number of ether oxygens (including phenoxy) is 4. The van der Waals surface area contributed by atoms with Crippen molar-refractivity contribution in [1.29, 1.82) is 0 Å². The molecule has 39 heavy (non-hydrogen) atoms. The molecule has 0 radical (unpaired) electrons. The summed E-state index contributed by atoms with van der Waals surface area (Å²) < 4.78 is 21.9. The molecule has 1 unspecified atom stereocenters. The third-order valence-corrected chi connectivity index (χ3v) is 6.22. The van der Waals surface area contributed by atoms with E-state index in [0.717, 1.165) is 10.8 Å². The fourth-order valence-electron chi connectivity index (χ4n) is 3.69. The van der Waals surface area contributed by atoms with Gasteiger partial charge in [-0.15, -0.1) is 0 Å². The van der Waals surface area contributed by atoms with Crippen molar-refractivity contribution in [2.45, 2.75) is 13.0 Å². The fraction of sp³-hybridized carbons (Fsp3) is 0.138. The maximum absolute atomic E-state index is 13.0. The molecule has 0 fully saturated rings. The predicted octanol–water partition coefficient (Wildman–Crippen LogP) is 6.30. The van der Waals surface area contributed by atoms with E-state index < -0.39 is 18.0 Å². The summed E-state index contributed by atoms with van der Waals surface area (Å²) in [7, 11) is 2.99. The van der Waals surface area contributed by atoms with Crippen LogP contribution in [0.1, 0.15) is 22.8 Å². The Bertz CT molecular complexity index is 1560. The average molecular weight is 567 g/mol. The Balaban J connectivity index is 1.55. The molecule has 4 aromatic rings. The molecule has 0 saturated carbocycles. The number of benzene rings is 4. The summed E-state index contributed by atoms with van der Waals surface area (Å²) in [6.45, 7) is 1.56. The lowest BCUT2D eigenvalue weighted by atomic mass is 10.0. The van der Waals surface area contributed by atoms with Crippen LogP contribution in [0, 0.1) is 0 Å². The minimum absolute atomic E-state index is 0.253. The van der Waals surface area contributed by atoms with Crippen LogP contribution in [-0.4, -0.2) is 38.4 Å². The first kappa shape index (κ1) is 27.8. The highest BCUT2D eigenvalue weighted by Gasteiger charge is 2.18. The maximum Gasteiger partial charge on any atom is 0.343 e. The number of hydrogen-bond donors (Lipinski definition) is 1. The number of esters is 1. The fourth-order valence-corrected chi connectivity index (χ4v) is 4.14. The van der Waals surface area contributed by atoms with Crippen molar-refractivity contribution in [3.05, 3.63) is 94.0 Å². The van der Waals surface area contributed by atoms with Gasteiger partial charge in [0.25, 0.3) is 5.91 Å². The van der Waals surface area contributed by atoms with E-state index in [2.05, 4.69) is 10.5 Å². The van der Waals surface area contributed by atoms with Crippen LogP contribution in [-0.2, 0) is 4.79 Å². The maximum atomic E-state index is 13.0. The number of nitrogens with one attached hydrogen (secondary N) is 1. The summed E-state index contributed by atoms with van der Waals surface area (Å²) in [4.78, 5) is 25.6. The number of rotatable bonds is 9. The lowest BCUT2D eigenvalue weighted by Crippen LogP contribution is -2.33. The smallest absolute Gasteiger partial charge is 0.343 e. The second-order valence-corrected chi connectivity index (χ2v) is 9.07. The number of carbonyl (C=O) groups excluding carboxylic acids is 2. The molecule has 0 aromatic heterocycles. The number of methoxy groups -OCH3 is 2. The number of halogens is 2. The van der Waals surface area contributed by atoms with Gasteiger partial charge < -0.3 is 18.9 Å². The standard InChI is InChI=1S/C29H24Cl2N2O6/c1-17(38-25-13-10-20(30)15-23(25)31)28(34)33-32-16-22-21-7-5-4-6-18(21)8-11-24(22)39-29(35)19-9-12-26(36-2)27(14-19)37-3/h4-17H,1-3H3,(H,33,34)/b32-16+. The average Bonchev–Trinajstić information content (AvgIpc) is 2.94. The van der Waals surface area contributed by atoms with Crippen LogP contribution >= 0.6 is 23.2 Å². The topological polar surface area (TPSA) is 95.5 Å². The zero-order valence-electron chi connectivity index (χ0n) is 21.2. The largest absolute Gasteiger partial charge is 0.493 e. The van der Waals surface area contributed by atoms with Crippen LogP contribution in [0.5, 0.6) is 23.0 Å². The van der Waals surface area contributed by atoms with Gasteiger partial charge in [-0.1, -0.05) is 53.5 Å². The van der Waals surface area contributed by atoms with Gasteiger partial charge in [0.2, 0.25) is 0 Å². The predicted molar refractivity (Wildman–Crippen MR) is 151 cm³/mol. The lowest BCUT2D eigenvalue weighted by molar-refractivity contribution is -0.127. The van der Waals surface area contributed by atoms with E-state index in [-0.39, 0.29) is 16.3 Å². The number of amides is 1. The molecular weight excluding hydrogens is 543 g/mol. The van der Waals surface area contributed by atoms with Gasteiger partial charge in [0.05, 0.1) is 31.0 Å². The monoisotopic (exact) mass is 566 g/mol. The molecule has 4 rings (SSSR count). The van der Waals surface area contributed by atoms with Crippen molar-refractivity contribution in [3.8, 4) is 23.0 Å². The molecule has 0 aliphatic rings. The Labute approximate surface area is 235 Å². The number of carbonyl (C=O) groups is 2. The molecule has 8 nitrogen and oxygen atoms in total. The van der Waals surface area contributed by atoms with Gasteiger partial charge in [0, 0.05) is 10.6 Å². The lowest BCUT2D eigenvalue weighted by Gasteiger charge is -2.14. The van der Waals surface area contributed by atoms with Gasteiger partial charge in [-0.25, -0.2) is 10.2 Å². The Hall–Kier alpha value is -4.27. The second kappa shape index (κ2) is 12.5. The van der Waals surface area contributed by atoms with E-state index in [9.17, 15) is 9.59 Å². The minimum Gasteiger partial charge on any atom is -0.493 e. The number of hydrogen-bond acceptors (Lipinski definition) is 7. The third-order valence-electron chi connectivity index (χ3n) is 5.69. The molecule has 0 bridgehead atoms. The third kappa shape index (κ3) is 6.60. The Kier molecular flexibility index (Phi) is 8.91. The normalized spacial score (nSPS) is 11.7.